The van der Waals surface area contributed by atoms with Gasteiger partial charge in [0.05, 0.1) is 0 Å². The largest absolute Gasteiger partial charge is 0.462 e. The van der Waals surface area contributed by atoms with Crippen molar-refractivity contribution in [3.63, 3.8) is 0 Å². The molecular weight excluding hydrogens is 853 g/mol. The highest BCUT2D eigenvalue weighted by molar-refractivity contribution is 5.71. The SMILES string of the molecule is CCCCCCCCCC/C=C\CCCCCCCCCC(=O)OC[C@@H](COC(=O)CCCCCCCCCCCCCCC)OC(=O)CCCCCCCCC/C=C\CCCCCCCCCC. The Morgan fingerprint density at radius 1 is 0.275 bits per heavy atom. The third kappa shape index (κ3) is 56.7. The van der Waals surface area contributed by atoms with Crippen molar-refractivity contribution in [2.24, 2.45) is 0 Å². The maximum Gasteiger partial charge on any atom is 0.306 e. The first-order valence-electron chi connectivity index (χ1n) is 30.8. The summed E-state index contributed by atoms with van der Waals surface area (Å²) in [4.78, 5) is 38.2. The summed E-state index contributed by atoms with van der Waals surface area (Å²) in [6.07, 6.45) is 68.9. The number of carbonyl (C=O) groups is 3. The van der Waals surface area contributed by atoms with Crippen LogP contribution in [0.5, 0.6) is 0 Å². The average Bonchev–Trinajstić information content (AvgIpc) is 3.35. The minimum atomic E-state index is -0.772. The number of esters is 3. The molecular formula is C63H118O6. The van der Waals surface area contributed by atoms with Crippen molar-refractivity contribution < 1.29 is 28.6 Å². The number of allylic oxidation sites excluding steroid dienone is 4. The first kappa shape index (κ1) is 66.9. The molecule has 0 aromatic heterocycles. The molecule has 0 radical (unpaired) electrons. The normalized spacial score (nSPS) is 12.1. The number of hydrogen-bond acceptors (Lipinski definition) is 6. The van der Waals surface area contributed by atoms with Crippen LogP contribution in [0.1, 0.15) is 342 Å². The van der Waals surface area contributed by atoms with Gasteiger partial charge in [0.15, 0.2) is 6.10 Å². The van der Waals surface area contributed by atoms with Crippen LogP contribution in [-0.2, 0) is 28.6 Å². The van der Waals surface area contributed by atoms with Gasteiger partial charge in [-0.25, -0.2) is 0 Å². The second-order valence-corrected chi connectivity index (χ2v) is 21.0. The Bertz CT molecular complexity index is 1110. The first-order valence-corrected chi connectivity index (χ1v) is 30.8. The first-order chi connectivity index (χ1) is 34.0. The molecule has 0 aliphatic carbocycles. The lowest BCUT2D eigenvalue weighted by Gasteiger charge is -2.18. The molecule has 6 heteroatoms. The highest BCUT2D eigenvalue weighted by atomic mass is 16.6. The highest BCUT2D eigenvalue weighted by Crippen LogP contribution is 2.17. The quantitative estimate of drug-likeness (QED) is 0.0261. The zero-order valence-electron chi connectivity index (χ0n) is 46.6. The minimum absolute atomic E-state index is 0.0697. The Kier molecular flexibility index (Phi) is 56.7. The lowest BCUT2D eigenvalue weighted by Crippen LogP contribution is -2.30. The molecule has 1 atom stereocenters. The summed E-state index contributed by atoms with van der Waals surface area (Å²) in [5.74, 6) is -0.856. The van der Waals surface area contributed by atoms with Crippen LogP contribution in [0.25, 0.3) is 0 Å². The predicted molar refractivity (Wildman–Crippen MR) is 298 cm³/mol. The lowest BCUT2D eigenvalue weighted by atomic mass is 10.0. The molecule has 0 unspecified atom stereocenters. The van der Waals surface area contributed by atoms with E-state index in [0.29, 0.717) is 19.3 Å². The van der Waals surface area contributed by atoms with Gasteiger partial charge in [0, 0.05) is 19.3 Å². The molecule has 0 saturated carbocycles. The molecule has 406 valence electrons. The Hall–Kier alpha value is -2.11. The lowest BCUT2D eigenvalue weighted by molar-refractivity contribution is -0.167. The molecule has 0 fully saturated rings. The number of carbonyl (C=O) groups excluding carboxylic acids is 3. The standard InChI is InChI=1S/C63H118O6/c1-4-7-10-13-16-19-22-25-27-29-31-33-35-38-41-44-47-50-53-56-62(65)68-59-60(58-67-61(64)55-52-49-46-43-40-37-24-21-18-15-12-9-6-3)69-63(66)57-54-51-48-45-42-39-36-34-32-30-28-26-23-20-17-14-11-8-5-2/h29-32,60H,4-28,33-59H2,1-3H3/b31-29-,32-30-/t60-/m1/s1. The minimum Gasteiger partial charge on any atom is -0.462 e. The fraction of sp³-hybridized carbons (Fsp3) is 0.889. The zero-order chi connectivity index (χ0) is 50.0. The van der Waals surface area contributed by atoms with Crippen molar-refractivity contribution in [1.29, 1.82) is 0 Å². The van der Waals surface area contributed by atoms with Crippen LogP contribution in [0.4, 0.5) is 0 Å². The van der Waals surface area contributed by atoms with Crippen LogP contribution in [0, 0.1) is 0 Å². The molecule has 0 aromatic rings. The van der Waals surface area contributed by atoms with E-state index in [9.17, 15) is 14.4 Å². The molecule has 0 amide bonds. The molecule has 0 aliphatic rings. The molecule has 0 bridgehead atoms. The van der Waals surface area contributed by atoms with Crippen LogP contribution in [0.3, 0.4) is 0 Å². The fourth-order valence-electron chi connectivity index (χ4n) is 9.26. The van der Waals surface area contributed by atoms with E-state index in [-0.39, 0.29) is 31.1 Å². The van der Waals surface area contributed by atoms with Gasteiger partial charge < -0.3 is 14.2 Å². The summed E-state index contributed by atoms with van der Waals surface area (Å²) in [7, 11) is 0. The third-order valence-corrected chi connectivity index (χ3v) is 13.9. The highest BCUT2D eigenvalue weighted by Gasteiger charge is 2.19. The van der Waals surface area contributed by atoms with Crippen LogP contribution < -0.4 is 0 Å². The summed E-state index contributed by atoms with van der Waals surface area (Å²) in [6, 6.07) is 0. The zero-order valence-corrected chi connectivity index (χ0v) is 46.6. The van der Waals surface area contributed by atoms with Gasteiger partial charge >= 0.3 is 17.9 Å². The monoisotopic (exact) mass is 971 g/mol. The molecule has 0 aliphatic heterocycles. The smallest absolute Gasteiger partial charge is 0.306 e. The molecule has 0 rings (SSSR count). The fourth-order valence-corrected chi connectivity index (χ4v) is 9.26. The second kappa shape index (κ2) is 58.5. The summed E-state index contributed by atoms with van der Waals surface area (Å²) < 4.78 is 16.9. The number of hydrogen-bond donors (Lipinski definition) is 0. The van der Waals surface area contributed by atoms with Gasteiger partial charge in [-0.3, -0.25) is 14.4 Å². The molecule has 0 aromatic carbocycles. The summed E-state index contributed by atoms with van der Waals surface area (Å²) in [5, 5.41) is 0. The Balaban J connectivity index is 4.31. The molecule has 69 heavy (non-hydrogen) atoms. The Morgan fingerprint density at radius 2 is 0.478 bits per heavy atom. The maximum atomic E-state index is 12.9. The van der Waals surface area contributed by atoms with Gasteiger partial charge in [0.1, 0.15) is 13.2 Å². The van der Waals surface area contributed by atoms with Crippen molar-refractivity contribution in [2.45, 2.75) is 348 Å². The van der Waals surface area contributed by atoms with E-state index < -0.39 is 6.10 Å². The summed E-state index contributed by atoms with van der Waals surface area (Å²) >= 11 is 0. The Morgan fingerprint density at radius 3 is 0.725 bits per heavy atom. The number of rotatable bonds is 57. The van der Waals surface area contributed by atoms with Crippen molar-refractivity contribution in [1.82, 2.24) is 0 Å². The number of unbranched alkanes of at least 4 members (excludes halogenated alkanes) is 42. The van der Waals surface area contributed by atoms with Crippen molar-refractivity contribution in [3.8, 4) is 0 Å². The summed E-state index contributed by atoms with van der Waals surface area (Å²) in [5.41, 5.74) is 0. The predicted octanol–water partition coefficient (Wildman–Crippen LogP) is 20.7. The Labute approximate surface area is 430 Å². The molecule has 0 heterocycles. The second-order valence-electron chi connectivity index (χ2n) is 21.0. The molecule has 0 spiro atoms. The molecule has 6 nitrogen and oxygen atoms in total. The van der Waals surface area contributed by atoms with E-state index in [0.717, 1.165) is 57.8 Å². The van der Waals surface area contributed by atoms with E-state index in [2.05, 4.69) is 45.1 Å². The van der Waals surface area contributed by atoms with E-state index in [1.54, 1.807) is 0 Å². The van der Waals surface area contributed by atoms with Gasteiger partial charge in [-0.2, -0.15) is 0 Å². The van der Waals surface area contributed by atoms with Gasteiger partial charge in [-0.05, 0) is 70.6 Å². The van der Waals surface area contributed by atoms with E-state index in [4.69, 9.17) is 14.2 Å². The van der Waals surface area contributed by atoms with Crippen LogP contribution in [0.2, 0.25) is 0 Å². The average molecular weight is 972 g/mol. The summed E-state index contributed by atoms with van der Waals surface area (Å²) in [6.45, 7) is 6.69. The topological polar surface area (TPSA) is 78.9 Å². The van der Waals surface area contributed by atoms with Gasteiger partial charge in [-0.1, -0.05) is 276 Å². The maximum absolute atomic E-state index is 12.9. The molecule has 0 N–H and O–H groups in total. The van der Waals surface area contributed by atoms with Crippen LogP contribution >= 0.6 is 0 Å². The van der Waals surface area contributed by atoms with Crippen molar-refractivity contribution in [2.75, 3.05) is 13.2 Å². The van der Waals surface area contributed by atoms with E-state index in [1.165, 1.54) is 244 Å². The third-order valence-electron chi connectivity index (χ3n) is 13.9. The van der Waals surface area contributed by atoms with Crippen LogP contribution in [0.15, 0.2) is 24.3 Å². The van der Waals surface area contributed by atoms with Crippen molar-refractivity contribution >= 4 is 17.9 Å². The van der Waals surface area contributed by atoms with Gasteiger partial charge in [-0.15, -0.1) is 0 Å². The van der Waals surface area contributed by atoms with E-state index in [1.807, 2.05) is 0 Å². The number of ether oxygens (including phenoxy) is 3. The van der Waals surface area contributed by atoms with Crippen molar-refractivity contribution in [3.05, 3.63) is 24.3 Å². The van der Waals surface area contributed by atoms with E-state index >= 15 is 0 Å². The van der Waals surface area contributed by atoms with Crippen LogP contribution in [-0.4, -0.2) is 37.2 Å². The van der Waals surface area contributed by atoms with Gasteiger partial charge in [0.2, 0.25) is 0 Å². The van der Waals surface area contributed by atoms with Gasteiger partial charge in [0.25, 0.3) is 0 Å². The molecule has 0 saturated heterocycles.